The van der Waals surface area contributed by atoms with Crippen LogP contribution in [-0.4, -0.2) is 9.97 Å². The minimum absolute atomic E-state index is 0.461. The third-order valence-electron chi connectivity index (χ3n) is 1.58. The fourth-order valence-electron chi connectivity index (χ4n) is 1.01. The number of aromatic nitrogens is 2. The minimum atomic E-state index is 0.461. The van der Waals surface area contributed by atoms with Crippen molar-refractivity contribution in [3.63, 3.8) is 0 Å². The molecule has 3 nitrogen and oxygen atoms in total. The van der Waals surface area contributed by atoms with Crippen LogP contribution in [0, 0.1) is 6.92 Å². The van der Waals surface area contributed by atoms with Crippen LogP contribution >= 0.6 is 11.6 Å². The molecule has 0 unspecified atom stereocenters. The fraction of sp³-hybridized carbons (Fsp3) is 0.111. The summed E-state index contributed by atoms with van der Waals surface area (Å²) in [6.07, 6.45) is 3.29. The van der Waals surface area contributed by atoms with Crippen LogP contribution in [0.1, 0.15) is 5.76 Å². The summed E-state index contributed by atoms with van der Waals surface area (Å²) in [6, 6.07) is 3.52. The average Bonchev–Trinajstić information content (AvgIpc) is 2.53. The van der Waals surface area contributed by atoms with E-state index in [4.69, 9.17) is 16.0 Å². The maximum atomic E-state index is 5.91. The second kappa shape index (κ2) is 3.18. The van der Waals surface area contributed by atoms with E-state index in [-0.39, 0.29) is 0 Å². The highest BCUT2D eigenvalue weighted by Gasteiger charge is 2.08. The zero-order chi connectivity index (χ0) is 9.26. The Morgan fingerprint density at radius 3 is 2.85 bits per heavy atom. The van der Waals surface area contributed by atoms with Gasteiger partial charge in [0.2, 0.25) is 5.89 Å². The number of halogens is 1. The maximum Gasteiger partial charge on any atom is 0.246 e. The molecule has 2 rings (SSSR count). The van der Waals surface area contributed by atoms with E-state index in [1.165, 1.54) is 0 Å². The number of nitrogens with zero attached hydrogens (tertiary/aromatic N) is 2. The Kier molecular flexibility index (Phi) is 2.02. The van der Waals surface area contributed by atoms with Gasteiger partial charge >= 0.3 is 0 Å². The Labute approximate surface area is 80.4 Å². The summed E-state index contributed by atoms with van der Waals surface area (Å²) >= 11 is 5.91. The van der Waals surface area contributed by atoms with Crippen LogP contribution in [0.3, 0.4) is 0 Å². The van der Waals surface area contributed by atoms with Crippen LogP contribution in [-0.2, 0) is 0 Å². The molecule has 0 spiro atoms. The lowest BCUT2D eigenvalue weighted by Crippen LogP contribution is -1.82. The first-order valence-corrected chi connectivity index (χ1v) is 4.18. The van der Waals surface area contributed by atoms with Gasteiger partial charge in [0.1, 0.15) is 11.5 Å². The van der Waals surface area contributed by atoms with Crippen LogP contribution in [0.5, 0.6) is 0 Å². The van der Waals surface area contributed by atoms with Crippen molar-refractivity contribution in [2.24, 2.45) is 0 Å². The van der Waals surface area contributed by atoms with E-state index in [0.717, 1.165) is 5.76 Å². The SMILES string of the molecule is Cc1cnc(-c2ncccc2Cl)o1. The predicted molar refractivity (Wildman–Crippen MR) is 49.5 cm³/mol. The lowest BCUT2D eigenvalue weighted by molar-refractivity contribution is 0.540. The van der Waals surface area contributed by atoms with E-state index in [1.54, 1.807) is 24.5 Å². The highest BCUT2D eigenvalue weighted by molar-refractivity contribution is 6.32. The molecule has 0 saturated heterocycles. The van der Waals surface area contributed by atoms with Gasteiger partial charge in [0.25, 0.3) is 0 Å². The third kappa shape index (κ3) is 1.55. The van der Waals surface area contributed by atoms with Crippen molar-refractivity contribution >= 4 is 11.6 Å². The third-order valence-corrected chi connectivity index (χ3v) is 1.89. The number of oxazole rings is 1. The largest absolute Gasteiger partial charge is 0.440 e. The molecule has 0 aliphatic carbocycles. The number of hydrogen-bond donors (Lipinski definition) is 0. The number of pyridine rings is 1. The van der Waals surface area contributed by atoms with Gasteiger partial charge in [0.05, 0.1) is 11.2 Å². The molecule has 0 fully saturated rings. The highest BCUT2D eigenvalue weighted by Crippen LogP contribution is 2.24. The van der Waals surface area contributed by atoms with Crippen LogP contribution < -0.4 is 0 Å². The predicted octanol–water partition coefficient (Wildman–Crippen LogP) is 2.70. The molecule has 0 aliphatic rings. The molecule has 2 heterocycles. The molecule has 0 atom stereocenters. The summed E-state index contributed by atoms with van der Waals surface area (Å²) in [5.74, 6) is 1.21. The van der Waals surface area contributed by atoms with Crippen molar-refractivity contribution in [3.05, 3.63) is 35.3 Å². The van der Waals surface area contributed by atoms with Crippen molar-refractivity contribution in [2.75, 3.05) is 0 Å². The Morgan fingerprint density at radius 2 is 2.23 bits per heavy atom. The Hall–Kier alpha value is -1.35. The Bertz CT molecular complexity index is 425. The molecular weight excluding hydrogens is 188 g/mol. The van der Waals surface area contributed by atoms with Gasteiger partial charge in [0, 0.05) is 6.20 Å². The van der Waals surface area contributed by atoms with E-state index >= 15 is 0 Å². The van der Waals surface area contributed by atoms with Crippen molar-refractivity contribution in [2.45, 2.75) is 6.92 Å². The van der Waals surface area contributed by atoms with Gasteiger partial charge in [0.15, 0.2) is 0 Å². The molecule has 4 heteroatoms. The first kappa shape index (κ1) is 8.26. The monoisotopic (exact) mass is 194 g/mol. The van der Waals surface area contributed by atoms with Gasteiger partial charge < -0.3 is 4.42 Å². The van der Waals surface area contributed by atoms with E-state index in [0.29, 0.717) is 16.6 Å². The van der Waals surface area contributed by atoms with Gasteiger partial charge in [-0.25, -0.2) is 9.97 Å². The first-order valence-electron chi connectivity index (χ1n) is 3.80. The van der Waals surface area contributed by atoms with E-state index in [2.05, 4.69) is 9.97 Å². The number of aryl methyl sites for hydroxylation is 1. The standard InChI is InChI=1S/C9H7ClN2O/c1-6-5-12-9(13-6)8-7(10)3-2-4-11-8/h2-5H,1H3. The fourth-order valence-corrected chi connectivity index (χ4v) is 1.21. The molecule has 0 saturated carbocycles. The number of hydrogen-bond acceptors (Lipinski definition) is 3. The second-order valence-corrected chi connectivity index (χ2v) is 3.02. The molecule has 0 radical (unpaired) electrons. The molecule has 0 N–H and O–H groups in total. The van der Waals surface area contributed by atoms with Crippen molar-refractivity contribution in [3.8, 4) is 11.6 Å². The summed E-state index contributed by atoms with van der Waals surface area (Å²) in [5, 5.41) is 0.546. The zero-order valence-corrected chi connectivity index (χ0v) is 7.75. The van der Waals surface area contributed by atoms with Gasteiger partial charge in [-0.2, -0.15) is 0 Å². The van der Waals surface area contributed by atoms with Crippen molar-refractivity contribution in [1.82, 2.24) is 9.97 Å². The quantitative estimate of drug-likeness (QED) is 0.701. The Morgan fingerprint density at radius 1 is 1.38 bits per heavy atom. The molecular formula is C9H7ClN2O. The number of rotatable bonds is 1. The highest BCUT2D eigenvalue weighted by atomic mass is 35.5. The average molecular weight is 195 g/mol. The zero-order valence-electron chi connectivity index (χ0n) is 6.99. The van der Waals surface area contributed by atoms with Crippen LogP contribution in [0.2, 0.25) is 5.02 Å². The lowest BCUT2D eigenvalue weighted by Gasteiger charge is -1.95. The van der Waals surface area contributed by atoms with Gasteiger partial charge in [-0.05, 0) is 19.1 Å². The summed E-state index contributed by atoms with van der Waals surface area (Å²) in [4.78, 5) is 8.11. The molecule has 0 bridgehead atoms. The molecule has 0 aliphatic heterocycles. The molecule has 2 aromatic heterocycles. The van der Waals surface area contributed by atoms with Crippen LogP contribution in [0.4, 0.5) is 0 Å². The van der Waals surface area contributed by atoms with E-state index < -0.39 is 0 Å². The van der Waals surface area contributed by atoms with E-state index in [1.807, 2.05) is 6.92 Å². The smallest absolute Gasteiger partial charge is 0.246 e. The maximum absolute atomic E-state index is 5.91. The van der Waals surface area contributed by atoms with Gasteiger partial charge in [-0.15, -0.1) is 0 Å². The minimum Gasteiger partial charge on any atom is -0.440 e. The molecule has 66 valence electrons. The summed E-state index contributed by atoms with van der Waals surface area (Å²) in [7, 11) is 0. The van der Waals surface area contributed by atoms with Crippen molar-refractivity contribution in [1.29, 1.82) is 0 Å². The van der Waals surface area contributed by atoms with Crippen molar-refractivity contribution < 1.29 is 4.42 Å². The molecule has 0 amide bonds. The normalized spacial score (nSPS) is 10.3. The van der Waals surface area contributed by atoms with Gasteiger partial charge in [-0.1, -0.05) is 11.6 Å². The topological polar surface area (TPSA) is 38.9 Å². The lowest BCUT2D eigenvalue weighted by atomic mass is 10.3. The van der Waals surface area contributed by atoms with Gasteiger partial charge in [-0.3, -0.25) is 0 Å². The molecule has 13 heavy (non-hydrogen) atoms. The van der Waals surface area contributed by atoms with Crippen LogP contribution in [0.15, 0.2) is 28.9 Å². The van der Waals surface area contributed by atoms with Crippen LogP contribution in [0.25, 0.3) is 11.6 Å². The molecule has 2 aromatic rings. The van der Waals surface area contributed by atoms with E-state index in [9.17, 15) is 0 Å². The summed E-state index contributed by atoms with van der Waals surface area (Å²) in [5.41, 5.74) is 0.581. The second-order valence-electron chi connectivity index (χ2n) is 2.61. The first-order chi connectivity index (χ1) is 6.27. The Balaban J connectivity index is 2.52. The summed E-state index contributed by atoms with van der Waals surface area (Å²) in [6.45, 7) is 1.83. The summed E-state index contributed by atoms with van der Waals surface area (Å²) < 4.78 is 5.29. The molecule has 0 aromatic carbocycles.